The van der Waals surface area contributed by atoms with E-state index in [4.69, 9.17) is 0 Å². The summed E-state index contributed by atoms with van der Waals surface area (Å²) in [6, 6.07) is 8.76. The van der Waals surface area contributed by atoms with E-state index in [1.54, 1.807) is 0 Å². The van der Waals surface area contributed by atoms with Gasteiger partial charge in [-0.05, 0) is 46.0 Å². The van der Waals surface area contributed by atoms with Gasteiger partial charge in [-0.1, -0.05) is 18.2 Å². The van der Waals surface area contributed by atoms with E-state index < -0.39 is 6.10 Å². The van der Waals surface area contributed by atoms with Gasteiger partial charge in [-0.2, -0.15) is 0 Å². The largest absolute Gasteiger partial charge is 0.389 e. The molecule has 1 heterocycles. The minimum Gasteiger partial charge on any atom is -0.389 e. The summed E-state index contributed by atoms with van der Waals surface area (Å²) in [6.07, 6.45) is 1.98. The Morgan fingerprint density at radius 1 is 1.28 bits per heavy atom. The molecular weight excluding hydrogens is 224 g/mol. The lowest BCUT2D eigenvalue weighted by Gasteiger charge is -2.37. The molecule has 0 aliphatic carbocycles. The van der Waals surface area contributed by atoms with E-state index in [1.807, 2.05) is 25.1 Å². The maximum Gasteiger partial charge on any atom is 0.0781 e. The topological polar surface area (TPSA) is 26.7 Å². The van der Waals surface area contributed by atoms with Gasteiger partial charge in [0.15, 0.2) is 0 Å². The van der Waals surface area contributed by atoms with Crippen LogP contribution in [-0.4, -0.2) is 43.2 Å². The van der Waals surface area contributed by atoms with Gasteiger partial charge >= 0.3 is 0 Å². The summed E-state index contributed by atoms with van der Waals surface area (Å²) < 4.78 is 0. The Morgan fingerprint density at radius 2 is 1.89 bits per heavy atom. The fraction of sp³-hybridized carbons (Fsp3) is 0.600. The van der Waals surface area contributed by atoms with Crippen molar-refractivity contribution in [2.24, 2.45) is 0 Å². The van der Waals surface area contributed by atoms with Crippen LogP contribution in [-0.2, 0) is 0 Å². The van der Waals surface area contributed by atoms with Crippen LogP contribution >= 0.6 is 0 Å². The SMILES string of the molecule is C[C@H](O)c1ccccc1N(C)C1CCN(C)CC1. The van der Waals surface area contributed by atoms with Gasteiger partial charge in [-0.25, -0.2) is 0 Å². The quantitative estimate of drug-likeness (QED) is 0.889. The molecule has 3 nitrogen and oxygen atoms in total. The first kappa shape index (κ1) is 13.4. The van der Waals surface area contributed by atoms with Crippen molar-refractivity contribution < 1.29 is 5.11 Å². The number of rotatable bonds is 3. The average Bonchev–Trinajstić information content (AvgIpc) is 2.39. The third-order valence-electron chi connectivity index (χ3n) is 4.00. The molecule has 0 bridgehead atoms. The van der Waals surface area contributed by atoms with Crippen LogP contribution in [0.15, 0.2) is 24.3 Å². The maximum absolute atomic E-state index is 9.86. The van der Waals surface area contributed by atoms with Crippen molar-refractivity contribution in [1.82, 2.24) is 4.90 Å². The Labute approximate surface area is 110 Å². The molecular formula is C15H24N2O. The predicted octanol–water partition coefficient (Wildman–Crippen LogP) is 2.27. The maximum atomic E-state index is 9.86. The van der Waals surface area contributed by atoms with E-state index in [9.17, 15) is 5.11 Å². The zero-order chi connectivity index (χ0) is 13.1. The van der Waals surface area contributed by atoms with Gasteiger partial charge in [0.05, 0.1) is 6.10 Å². The van der Waals surface area contributed by atoms with Crippen LogP contribution in [0.5, 0.6) is 0 Å². The normalized spacial score (nSPS) is 19.8. The summed E-state index contributed by atoms with van der Waals surface area (Å²) in [7, 11) is 4.33. The minimum atomic E-state index is -0.407. The number of aliphatic hydroxyl groups excluding tert-OH is 1. The Bertz CT molecular complexity index is 384. The highest BCUT2D eigenvalue weighted by molar-refractivity contribution is 5.54. The first-order chi connectivity index (χ1) is 8.59. The summed E-state index contributed by atoms with van der Waals surface area (Å²) in [4.78, 5) is 4.72. The third-order valence-corrected chi connectivity index (χ3v) is 4.00. The van der Waals surface area contributed by atoms with Gasteiger partial charge in [-0.3, -0.25) is 0 Å². The molecule has 1 aromatic rings. The van der Waals surface area contributed by atoms with Crippen LogP contribution in [0, 0.1) is 0 Å². The van der Waals surface area contributed by atoms with Crippen molar-refractivity contribution in [3.63, 3.8) is 0 Å². The fourth-order valence-corrected chi connectivity index (χ4v) is 2.74. The number of likely N-dealkylation sites (tertiary alicyclic amines) is 1. The van der Waals surface area contributed by atoms with Gasteiger partial charge in [-0.15, -0.1) is 0 Å². The minimum absolute atomic E-state index is 0.407. The number of anilines is 1. The number of aliphatic hydroxyl groups is 1. The molecule has 0 saturated carbocycles. The summed E-state index contributed by atoms with van der Waals surface area (Å²) in [5, 5.41) is 9.86. The summed E-state index contributed by atoms with van der Waals surface area (Å²) in [5.41, 5.74) is 2.20. The van der Waals surface area contributed by atoms with Gasteiger partial charge in [0.25, 0.3) is 0 Å². The molecule has 1 aliphatic rings. The number of nitrogens with zero attached hydrogens (tertiary/aromatic N) is 2. The van der Waals surface area contributed by atoms with E-state index in [1.165, 1.54) is 18.5 Å². The second-order valence-corrected chi connectivity index (χ2v) is 5.38. The molecule has 100 valence electrons. The summed E-state index contributed by atoms with van der Waals surface area (Å²) >= 11 is 0. The molecule has 2 rings (SSSR count). The molecule has 1 fully saturated rings. The molecule has 0 spiro atoms. The van der Waals surface area contributed by atoms with Gasteiger partial charge < -0.3 is 14.9 Å². The fourth-order valence-electron chi connectivity index (χ4n) is 2.74. The lowest BCUT2D eigenvalue weighted by molar-refractivity contribution is 0.199. The van der Waals surface area contributed by atoms with Crippen molar-refractivity contribution in [1.29, 1.82) is 0 Å². The molecule has 0 aromatic heterocycles. The zero-order valence-corrected chi connectivity index (χ0v) is 11.6. The molecule has 1 N–H and O–H groups in total. The Kier molecular flexibility index (Phi) is 4.25. The van der Waals surface area contributed by atoms with Crippen molar-refractivity contribution in [3.05, 3.63) is 29.8 Å². The highest BCUT2D eigenvalue weighted by atomic mass is 16.3. The Balaban J connectivity index is 2.15. The number of piperidine rings is 1. The lowest BCUT2D eigenvalue weighted by Crippen LogP contribution is -2.42. The molecule has 1 aromatic carbocycles. The van der Waals surface area contributed by atoms with Crippen molar-refractivity contribution in [2.45, 2.75) is 31.9 Å². The van der Waals surface area contributed by atoms with Gasteiger partial charge in [0.2, 0.25) is 0 Å². The molecule has 18 heavy (non-hydrogen) atoms. The monoisotopic (exact) mass is 248 g/mol. The number of para-hydroxylation sites is 1. The van der Waals surface area contributed by atoms with Crippen LogP contribution in [0.2, 0.25) is 0 Å². The Morgan fingerprint density at radius 3 is 2.50 bits per heavy atom. The number of hydrogen-bond acceptors (Lipinski definition) is 3. The molecule has 1 aliphatic heterocycles. The third kappa shape index (κ3) is 2.85. The van der Waals surface area contributed by atoms with E-state index >= 15 is 0 Å². The highest BCUT2D eigenvalue weighted by Crippen LogP contribution is 2.28. The summed E-state index contributed by atoms with van der Waals surface area (Å²) in [5.74, 6) is 0. The van der Waals surface area contributed by atoms with Crippen molar-refractivity contribution in [2.75, 3.05) is 32.1 Å². The molecule has 0 unspecified atom stereocenters. The standard InChI is InChI=1S/C15H24N2O/c1-12(18)14-6-4-5-7-15(14)17(3)13-8-10-16(2)11-9-13/h4-7,12-13,18H,8-11H2,1-3H3/t12-/m0/s1. The molecule has 0 amide bonds. The van der Waals surface area contributed by atoms with Crippen LogP contribution < -0.4 is 4.90 Å². The van der Waals surface area contributed by atoms with E-state index in [-0.39, 0.29) is 0 Å². The van der Waals surface area contributed by atoms with Gasteiger partial charge in [0.1, 0.15) is 0 Å². The molecule has 1 saturated heterocycles. The molecule has 1 atom stereocenters. The van der Waals surface area contributed by atoms with Crippen LogP contribution in [0.4, 0.5) is 5.69 Å². The zero-order valence-electron chi connectivity index (χ0n) is 11.6. The predicted molar refractivity (Wildman–Crippen MR) is 76.0 cm³/mol. The van der Waals surface area contributed by atoms with Crippen molar-refractivity contribution >= 4 is 5.69 Å². The number of benzene rings is 1. The second-order valence-electron chi connectivity index (χ2n) is 5.38. The van der Waals surface area contributed by atoms with Crippen LogP contribution in [0.1, 0.15) is 31.4 Å². The highest BCUT2D eigenvalue weighted by Gasteiger charge is 2.22. The first-order valence-corrected chi connectivity index (χ1v) is 6.78. The summed E-state index contributed by atoms with van der Waals surface area (Å²) in [6.45, 7) is 4.15. The van der Waals surface area contributed by atoms with Gasteiger partial charge in [0, 0.05) is 24.3 Å². The molecule has 0 radical (unpaired) electrons. The van der Waals surface area contributed by atoms with E-state index in [0.29, 0.717) is 6.04 Å². The van der Waals surface area contributed by atoms with E-state index in [2.05, 4.69) is 30.0 Å². The van der Waals surface area contributed by atoms with Crippen molar-refractivity contribution in [3.8, 4) is 0 Å². The Hall–Kier alpha value is -1.06. The van der Waals surface area contributed by atoms with E-state index in [0.717, 1.165) is 18.7 Å². The van der Waals surface area contributed by atoms with Crippen LogP contribution in [0.25, 0.3) is 0 Å². The van der Waals surface area contributed by atoms with Crippen LogP contribution in [0.3, 0.4) is 0 Å². The number of hydrogen-bond donors (Lipinski definition) is 1. The first-order valence-electron chi connectivity index (χ1n) is 6.78. The second kappa shape index (κ2) is 5.72. The molecule has 3 heteroatoms. The average molecular weight is 248 g/mol. The lowest BCUT2D eigenvalue weighted by atomic mass is 10.0. The smallest absolute Gasteiger partial charge is 0.0781 e.